The SMILES string of the molecule is Cc1ccc(-c2cc(O)cc(F)c2)cc1F. The number of hydrogen-bond donors (Lipinski definition) is 1. The minimum absolute atomic E-state index is 0.170. The molecule has 0 spiro atoms. The molecule has 0 aromatic heterocycles. The second-order valence-electron chi connectivity index (χ2n) is 3.66. The maximum Gasteiger partial charge on any atom is 0.127 e. The number of aromatic hydroxyl groups is 1. The quantitative estimate of drug-likeness (QED) is 0.777. The van der Waals surface area contributed by atoms with Crippen LogP contribution in [-0.4, -0.2) is 5.11 Å². The van der Waals surface area contributed by atoms with Gasteiger partial charge >= 0.3 is 0 Å². The van der Waals surface area contributed by atoms with Crippen molar-refractivity contribution in [3.8, 4) is 16.9 Å². The average Bonchev–Trinajstić information content (AvgIpc) is 2.20. The molecule has 0 aliphatic carbocycles. The summed E-state index contributed by atoms with van der Waals surface area (Å²) in [5, 5.41) is 9.25. The molecule has 0 aliphatic rings. The molecule has 1 nitrogen and oxygen atoms in total. The van der Waals surface area contributed by atoms with Gasteiger partial charge in [0.2, 0.25) is 0 Å². The van der Waals surface area contributed by atoms with E-state index in [1.807, 2.05) is 0 Å². The third-order valence-electron chi connectivity index (χ3n) is 2.39. The lowest BCUT2D eigenvalue weighted by atomic mass is 10.0. The molecule has 0 unspecified atom stereocenters. The van der Waals surface area contributed by atoms with Gasteiger partial charge in [0.05, 0.1) is 0 Å². The minimum atomic E-state index is -0.545. The van der Waals surface area contributed by atoms with Crippen molar-refractivity contribution in [2.75, 3.05) is 0 Å². The van der Waals surface area contributed by atoms with E-state index in [1.54, 1.807) is 19.1 Å². The van der Waals surface area contributed by atoms with E-state index in [0.29, 0.717) is 16.7 Å². The molecule has 0 fully saturated rings. The molecule has 0 saturated carbocycles. The molecule has 0 heterocycles. The van der Waals surface area contributed by atoms with Gasteiger partial charge in [-0.05, 0) is 41.8 Å². The molecule has 1 N–H and O–H groups in total. The zero-order chi connectivity index (χ0) is 11.7. The molecular weight excluding hydrogens is 210 g/mol. The second-order valence-corrected chi connectivity index (χ2v) is 3.66. The highest BCUT2D eigenvalue weighted by atomic mass is 19.1. The van der Waals surface area contributed by atoms with Crippen LogP contribution < -0.4 is 0 Å². The fraction of sp³-hybridized carbons (Fsp3) is 0.0769. The van der Waals surface area contributed by atoms with Crippen LogP contribution in [0.3, 0.4) is 0 Å². The molecule has 0 amide bonds. The van der Waals surface area contributed by atoms with Crippen LogP contribution in [0.2, 0.25) is 0 Å². The largest absolute Gasteiger partial charge is 0.508 e. The first-order valence-corrected chi connectivity index (χ1v) is 4.82. The van der Waals surface area contributed by atoms with E-state index in [9.17, 15) is 13.9 Å². The van der Waals surface area contributed by atoms with Crippen LogP contribution in [-0.2, 0) is 0 Å². The maximum absolute atomic E-state index is 13.3. The first kappa shape index (κ1) is 10.6. The molecule has 82 valence electrons. The Balaban J connectivity index is 2.54. The Morgan fingerprint density at radius 2 is 1.69 bits per heavy atom. The van der Waals surface area contributed by atoms with E-state index in [-0.39, 0.29) is 11.6 Å². The summed E-state index contributed by atoms with van der Waals surface area (Å²) in [6, 6.07) is 8.29. The van der Waals surface area contributed by atoms with Gasteiger partial charge in [-0.2, -0.15) is 0 Å². The van der Waals surface area contributed by atoms with Crippen LogP contribution in [0.15, 0.2) is 36.4 Å². The summed E-state index contributed by atoms with van der Waals surface area (Å²) in [5.41, 5.74) is 1.53. The zero-order valence-corrected chi connectivity index (χ0v) is 8.67. The molecular formula is C13H10F2O. The number of hydrogen-bond acceptors (Lipinski definition) is 1. The van der Waals surface area contributed by atoms with Crippen molar-refractivity contribution in [3.05, 3.63) is 53.6 Å². The Hall–Kier alpha value is -1.90. The molecule has 0 saturated heterocycles. The van der Waals surface area contributed by atoms with E-state index in [4.69, 9.17) is 0 Å². The molecule has 0 aliphatic heterocycles. The molecule has 0 bridgehead atoms. The predicted molar refractivity (Wildman–Crippen MR) is 58.2 cm³/mol. The van der Waals surface area contributed by atoms with Gasteiger partial charge in [-0.3, -0.25) is 0 Å². The molecule has 2 aromatic rings. The summed E-state index contributed by atoms with van der Waals surface area (Å²) in [5.74, 6) is -1.06. The average molecular weight is 220 g/mol. The zero-order valence-electron chi connectivity index (χ0n) is 8.67. The first-order valence-electron chi connectivity index (χ1n) is 4.82. The highest BCUT2D eigenvalue weighted by molar-refractivity contribution is 5.65. The van der Waals surface area contributed by atoms with Crippen LogP contribution in [0.1, 0.15) is 5.56 Å². The monoisotopic (exact) mass is 220 g/mol. The van der Waals surface area contributed by atoms with E-state index < -0.39 is 5.82 Å². The predicted octanol–water partition coefficient (Wildman–Crippen LogP) is 3.65. The van der Waals surface area contributed by atoms with E-state index in [1.165, 1.54) is 18.2 Å². The number of benzene rings is 2. The summed E-state index contributed by atoms with van der Waals surface area (Å²) >= 11 is 0. The van der Waals surface area contributed by atoms with Crippen molar-refractivity contribution in [1.29, 1.82) is 0 Å². The molecule has 2 rings (SSSR count). The Labute approximate surface area is 92.0 Å². The molecule has 0 radical (unpaired) electrons. The molecule has 2 aromatic carbocycles. The van der Waals surface area contributed by atoms with Gasteiger partial charge in [0.25, 0.3) is 0 Å². The van der Waals surface area contributed by atoms with Crippen molar-refractivity contribution >= 4 is 0 Å². The van der Waals surface area contributed by atoms with Crippen LogP contribution in [0.5, 0.6) is 5.75 Å². The number of halogens is 2. The number of rotatable bonds is 1. The van der Waals surface area contributed by atoms with Gasteiger partial charge in [0.15, 0.2) is 0 Å². The normalized spacial score (nSPS) is 10.4. The van der Waals surface area contributed by atoms with Gasteiger partial charge < -0.3 is 5.11 Å². The maximum atomic E-state index is 13.3. The molecule has 0 atom stereocenters. The topological polar surface area (TPSA) is 20.2 Å². The van der Waals surface area contributed by atoms with Gasteiger partial charge in [-0.15, -0.1) is 0 Å². The number of phenols is 1. The summed E-state index contributed by atoms with van der Waals surface area (Å²) < 4.78 is 26.3. The van der Waals surface area contributed by atoms with Crippen LogP contribution in [0.25, 0.3) is 11.1 Å². The van der Waals surface area contributed by atoms with Crippen molar-refractivity contribution in [2.45, 2.75) is 6.92 Å². The highest BCUT2D eigenvalue weighted by Gasteiger charge is 2.05. The lowest BCUT2D eigenvalue weighted by molar-refractivity contribution is 0.469. The third-order valence-corrected chi connectivity index (χ3v) is 2.39. The van der Waals surface area contributed by atoms with Crippen LogP contribution in [0, 0.1) is 18.6 Å². The van der Waals surface area contributed by atoms with Crippen LogP contribution in [0.4, 0.5) is 8.78 Å². The standard InChI is InChI=1S/C13H10F2O/c1-8-2-3-9(6-13(8)15)10-4-11(14)7-12(16)5-10/h2-7,16H,1H3. The molecule has 16 heavy (non-hydrogen) atoms. The first-order chi connectivity index (χ1) is 7.56. The van der Waals surface area contributed by atoms with Crippen molar-refractivity contribution in [1.82, 2.24) is 0 Å². The van der Waals surface area contributed by atoms with E-state index in [2.05, 4.69) is 0 Å². The highest BCUT2D eigenvalue weighted by Crippen LogP contribution is 2.26. The van der Waals surface area contributed by atoms with Crippen molar-refractivity contribution in [3.63, 3.8) is 0 Å². The van der Waals surface area contributed by atoms with Crippen LogP contribution >= 0.6 is 0 Å². The summed E-state index contributed by atoms with van der Waals surface area (Å²) in [4.78, 5) is 0. The van der Waals surface area contributed by atoms with Gasteiger partial charge in [0, 0.05) is 6.07 Å². The fourth-order valence-corrected chi connectivity index (χ4v) is 1.51. The van der Waals surface area contributed by atoms with Gasteiger partial charge in [-0.25, -0.2) is 8.78 Å². The third kappa shape index (κ3) is 2.03. The summed E-state index contributed by atoms with van der Waals surface area (Å²) in [6.45, 7) is 1.65. The smallest absolute Gasteiger partial charge is 0.127 e. The number of aryl methyl sites for hydroxylation is 1. The summed E-state index contributed by atoms with van der Waals surface area (Å²) in [7, 11) is 0. The van der Waals surface area contributed by atoms with Crippen molar-refractivity contribution < 1.29 is 13.9 Å². The Morgan fingerprint density at radius 1 is 0.938 bits per heavy atom. The minimum Gasteiger partial charge on any atom is -0.508 e. The lowest BCUT2D eigenvalue weighted by Crippen LogP contribution is -1.85. The lowest BCUT2D eigenvalue weighted by Gasteiger charge is -2.04. The summed E-state index contributed by atoms with van der Waals surface area (Å²) in [6.07, 6.45) is 0. The Bertz CT molecular complexity index is 515. The second kappa shape index (κ2) is 3.93. The fourth-order valence-electron chi connectivity index (χ4n) is 1.51. The van der Waals surface area contributed by atoms with Crippen molar-refractivity contribution in [2.24, 2.45) is 0 Å². The Kier molecular flexibility index (Phi) is 2.60. The van der Waals surface area contributed by atoms with E-state index >= 15 is 0 Å². The van der Waals surface area contributed by atoms with E-state index in [0.717, 1.165) is 6.07 Å². The number of phenolic OH excluding ortho intramolecular Hbond substituents is 1. The van der Waals surface area contributed by atoms with Gasteiger partial charge in [0.1, 0.15) is 17.4 Å². The Morgan fingerprint density at radius 3 is 2.31 bits per heavy atom. The molecule has 3 heteroatoms. The van der Waals surface area contributed by atoms with Gasteiger partial charge in [-0.1, -0.05) is 12.1 Å².